The zero-order valence-electron chi connectivity index (χ0n) is 53.9. The van der Waals surface area contributed by atoms with Crippen LogP contribution in [-0.4, -0.2) is 37.2 Å². The first-order valence-electron chi connectivity index (χ1n) is 36.2. The zero-order chi connectivity index (χ0) is 57.1. The van der Waals surface area contributed by atoms with Crippen LogP contribution in [0.3, 0.4) is 0 Å². The SMILES string of the molecule is CCCCCCCCC/C=C\CCCCCCCCCC(=O)OC(COC(=O)CCCCCCCCCCCCCCCCC)COC(=O)CCCCCCCCCCCCCCCCCCCCCCCCCCCCCC. The fraction of sp³-hybridized carbons (Fsp3) is 0.932. The summed E-state index contributed by atoms with van der Waals surface area (Å²) in [5, 5.41) is 0. The topological polar surface area (TPSA) is 78.9 Å². The smallest absolute Gasteiger partial charge is 0.306 e. The number of hydrogen-bond acceptors (Lipinski definition) is 6. The molecule has 1 unspecified atom stereocenters. The number of allylic oxidation sites excluding steroid dienone is 2. The summed E-state index contributed by atoms with van der Waals surface area (Å²) in [6.45, 7) is 6.73. The van der Waals surface area contributed by atoms with Gasteiger partial charge in [-0.3, -0.25) is 14.4 Å². The number of carbonyl (C=O) groups is 3. The lowest BCUT2D eigenvalue weighted by molar-refractivity contribution is -0.167. The standard InChI is InChI=1S/C73H140O6/c1-4-7-10-13-16-19-22-25-28-30-32-33-34-35-36-37-38-39-40-41-43-45-48-51-54-57-60-63-66-72(75)78-69-70(68-77-71(74)65-62-59-56-53-50-47-44-27-24-21-18-15-12-9-6-3)79-73(76)67-64-61-58-55-52-49-46-42-31-29-26-23-20-17-14-11-8-5-2/h29,31,70H,4-28,30,32-69H2,1-3H3/b31-29-. The van der Waals surface area contributed by atoms with Gasteiger partial charge in [0.2, 0.25) is 0 Å². The molecule has 0 saturated heterocycles. The molecule has 0 rings (SSSR count). The fourth-order valence-corrected chi connectivity index (χ4v) is 11.3. The Balaban J connectivity index is 4.19. The van der Waals surface area contributed by atoms with E-state index in [9.17, 15) is 14.4 Å². The van der Waals surface area contributed by atoms with Crippen molar-refractivity contribution in [2.75, 3.05) is 13.2 Å². The molecule has 79 heavy (non-hydrogen) atoms. The molecule has 468 valence electrons. The normalized spacial score (nSPS) is 12.0. The van der Waals surface area contributed by atoms with Crippen molar-refractivity contribution < 1.29 is 28.6 Å². The number of hydrogen-bond donors (Lipinski definition) is 0. The summed E-state index contributed by atoms with van der Waals surface area (Å²) in [5.41, 5.74) is 0. The van der Waals surface area contributed by atoms with Crippen molar-refractivity contribution in [1.82, 2.24) is 0 Å². The summed E-state index contributed by atoms with van der Waals surface area (Å²) in [6.07, 6.45) is 82.5. The number of ether oxygens (including phenoxy) is 3. The van der Waals surface area contributed by atoms with Crippen LogP contribution in [0.4, 0.5) is 0 Å². The van der Waals surface area contributed by atoms with Gasteiger partial charge < -0.3 is 14.2 Å². The second-order valence-electron chi connectivity index (χ2n) is 24.9. The Hall–Kier alpha value is -1.85. The molecule has 0 radical (unpaired) electrons. The number of carbonyl (C=O) groups excluding carboxylic acids is 3. The van der Waals surface area contributed by atoms with Gasteiger partial charge in [0.25, 0.3) is 0 Å². The molecule has 0 saturated carbocycles. The van der Waals surface area contributed by atoms with E-state index in [1.54, 1.807) is 0 Å². The monoisotopic (exact) mass is 1110 g/mol. The quantitative estimate of drug-likeness (QED) is 0.0261. The largest absolute Gasteiger partial charge is 0.462 e. The number of rotatable bonds is 68. The van der Waals surface area contributed by atoms with Crippen LogP contribution in [0.25, 0.3) is 0 Å². The molecule has 0 aromatic carbocycles. The van der Waals surface area contributed by atoms with Gasteiger partial charge >= 0.3 is 17.9 Å². The van der Waals surface area contributed by atoms with Gasteiger partial charge in [-0.15, -0.1) is 0 Å². The van der Waals surface area contributed by atoms with Gasteiger partial charge in [0.15, 0.2) is 6.10 Å². The molecule has 0 aromatic heterocycles. The molecule has 0 aliphatic carbocycles. The number of unbranched alkanes of at least 4 members (excludes halogenated alkanes) is 55. The van der Waals surface area contributed by atoms with Crippen molar-refractivity contribution in [1.29, 1.82) is 0 Å². The van der Waals surface area contributed by atoms with Crippen molar-refractivity contribution in [3.05, 3.63) is 12.2 Å². The lowest BCUT2D eigenvalue weighted by atomic mass is 10.0. The molecule has 0 aliphatic heterocycles. The maximum Gasteiger partial charge on any atom is 0.306 e. The molecular weight excluding hydrogens is 973 g/mol. The zero-order valence-corrected chi connectivity index (χ0v) is 53.9. The molecular formula is C73H140O6. The van der Waals surface area contributed by atoms with Crippen molar-refractivity contribution in [3.63, 3.8) is 0 Å². The average molecular weight is 1110 g/mol. The highest BCUT2D eigenvalue weighted by Crippen LogP contribution is 2.19. The van der Waals surface area contributed by atoms with Gasteiger partial charge in [-0.2, -0.15) is 0 Å². The lowest BCUT2D eigenvalue weighted by Crippen LogP contribution is -2.30. The summed E-state index contributed by atoms with van der Waals surface area (Å²) in [4.78, 5) is 38.4. The summed E-state index contributed by atoms with van der Waals surface area (Å²) >= 11 is 0. The Morgan fingerprint density at radius 3 is 0.633 bits per heavy atom. The molecule has 0 amide bonds. The van der Waals surface area contributed by atoms with E-state index in [2.05, 4.69) is 32.9 Å². The minimum Gasteiger partial charge on any atom is -0.462 e. The second-order valence-corrected chi connectivity index (χ2v) is 24.9. The third-order valence-corrected chi connectivity index (χ3v) is 16.8. The molecule has 0 N–H and O–H groups in total. The highest BCUT2D eigenvalue weighted by molar-refractivity contribution is 5.71. The minimum absolute atomic E-state index is 0.0648. The van der Waals surface area contributed by atoms with Gasteiger partial charge in [-0.05, 0) is 44.9 Å². The van der Waals surface area contributed by atoms with E-state index in [-0.39, 0.29) is 31.1 Å². The molecule has 0 fully saturated rings. The highest BCUT2D eigenvalue weighted by Gasteiger charge is 2.19. The summed E-state index contributed by atoms with van der Waals surface area (Å²) < 4.78 is 17.0. The Bertz CT molecular complexity index is 1230. The van der Waals surface area contributed by atoms with Gasteiger partial charge in [0, 0.05) is 19.3 Å². The van der Waals surface area contributed by atoms with Crippen molar-refractivity contribution in [3.8, 4) is 0 Å². The van der Waals surface area contributed by atoms with Gasteiger partial charge in [0.05, 0.1) is 0 Å². The first-order valence-corrected chi connectivity index (χ1v) is 36.2. The van der Waals surface area contributed by atoms with Crippen LogP contribution >= 0.6 is 0 Å². The molecule has 0 aromatic rings. The summed E-state index contributed by atoms with van der Waals surface area (Å²) in [7, 11) is 0. The first kappa shape index (κ1) is 77.2. The molecule has 1 atom stereocenters. The number of esters is 3. The Kier molecular flexibility index (Phi) is 67.0. The van der Waals surface area contributed by atoms with E-state index < -0.39 is 6.10 Å². The Labute approximate surface area is 494 Å². The van der Waals surface area contributed by atoms with Gasteiger partial charge in [-0.25, -0.2) is 0 Å². The van der Waals surface area contributed by atoms with E-state index in [4.69, 9.17) is 14.2 Å². The highest BCUT2D eigenvalue weighted by atomic mass is 16.6. The third kappa shape index (κ3) is 66.8. The van der Waals surface area contributed by atoms with E-state index >= 15 is 0 Å². The molecule has 0 heterocycles. The summed E-state index contributed by atoms with van der Waals surface area (Å²) in [5.74, 6) is -0.833. The van der Waals surface area contributed by atoms with Crippen LogP contribution in [-0.2, 0) is 28.6 Å². The minimum atomic E-state index is -0.769. The molecule has 0 bridgehead atoms. The van der Waals surface area contributed by atoms with E-state index in [0.29, 0.717) is 19.3 Å². The molecule has 6 nitrogen and oxygen atoms in total. The first-order chi connectivity index (χ1) is 39.0. The Morgan fingerprint density at radius 2 is 0.418 bits per heavy atom. The third-order valence-electron chi connectivity index (χ3n) is 16.8. The maximum absolute atomic E-state index is 12.9. The van der Waals surface area contributed by atoms with Gasteiger partial charge in [0.1, 0.15) is 13.2 Å². The van der Waals surface area contributed by atoms with Crippen LogP contribution in [0.2, 0.25) is 0 Å². The van der Waals surface area contributed by atoms with Crippen molar-refractivity contribution >= 4 is 17.9 Å². The maximum atomic E-state index is 12.9. The van der Waals surface area contributed by atoms with Gasteiger partial charge in [-0.1, -0.05) is 367 Å². The predicted molar refractivity (Wildman–Crippen MR) is 344 cm³/mol. The van der Waals surface area contributed by atoms with E-state index in [0.717, 1.165) is 57.8 Å². The lowest BCUT2D eigenvalue weighted by Gasteiger charge is -2.18. The Morgan fingerprint density at radius 1 is 0.241 bits per heavy atom. The van der Waals surface area contributed by atoms with Crippen molar-refractivity contribution in [2.45, 2.75) is 425 Å². The van der Waals surface area contributed by atoms with Crippen molar-refractivity contribution in [2.24, 2.45) is 0 Å². The van der Waals surface area contributed by atoms with Crippen LogP contribution in [0, 0.1) is 0 Å². The van der Waals surface area contributed by atoms with Crippen LogP contribution in [0.1, 0.15) is 419 Å². The molecule has 0 spiro atoms. The van der Waals surface area contributed by atoms with Crippen LogP contribution in [0.5, 0.6) is 0 Å². The average Bonchev–Trinajstić information content (AvgIpc) is 3.45. The van der Waals surface area contributed by atoms with E-state index in [1.165, 1.54) is 321 Å². The van der Waals surface area contributed by atoms with E-state index in [1.807, 2.05) is 0 Å². The van der Waals surface area contributed by atoms with Crippen LogP contribution < -0.4 is 0 Å². The van der Waals surface area contributed by atoms with Crippen LogP contribution in [0.15, 0.2) is 12.2 Å². The molecule has 6 heteroatoms. The second kappa shape index (κ2) is 68.6. The fourth-order valence-electron chi connectivity index (χ4n) is 11.3. The molecule has 0 aliphatic rings. The summed E-state index contributed by atoms with van der Waals surface area (Å²) in [6, 6.07) is 0. The predicted octanol–water partition coefficient (Wildman–Crippen LogP) is 24.8.